The Labute approximate surface area is 322 Å². The molecule has 8 atom stereocenters. The molecule has 0 unspecified atom stereocenters. The molecular formula is C40H50ClN5O7S. The van der Waals surface area contributed by atoms with Crippen LogP contribution in [-0.2, 0) is 38.3 Å². The van der Waals surface area contributed by atoms with E-state index in [9.17, 15) is 13.8 Å². The fraction of sp³-hybridized carbons (Fsp3) is 0.575. The third-order valence-electron chi connectivity index (χ3n) is 12.6. The van der Waals surface area contributed by atoms with Crippen LogP contribution < -0.4 is 19.1 Å². The molecule has 290 valence electrons. The molecule has 12 nitrogen and oxygen atoms in total. The van der Waals surface area contributed by atoms with Gasteiger partial charge in [-0.25, -0.2) is 4.21 Å². The molecular weight excluding hydrogens is 730 g/mol. The number of amides is 2. The summed E-state index contributed by atoms with van der Waals surface area (Å²) >= 11 is 6.49. The Morgan fingerprint density at radius 3 is 2.76 bits per heavy atom. The maximum Gasteiger partial charge on any atom is 0.286 e. The molecule has 2 bridgehead atoms. The van der Waals surface area contributed by atoms with E-state index in [0.29, 0.717) is 43.8 Å². The van der Waals surface area contributed by atoms with E-state index in [-0.39, 0.29) is 52.2 Å². The number of benzene rings is 2. The lowest BCUT2D eigenvalue weighted by atomic mass is 9.66. The molecule has 14 heteroatoms. The van der Waals surface area contributed by atoms with Crippen LogP contribution in [-0.4, -0.2) is 84.3 Å². The van der Waals surface area contributed by atoms with E-state index in [2.05, 4.69) is 31.2 Å². The van der Waals surface area contributed by atoms with Crippen molar-refractivity contribution < 1.29 is 32.7 Å². The first-order valence-electron chi connectivity index (χ1n) is 19.1. The lowest BCUT2D eigenvalue weighted by Crippen LogP contribution is -2.50. The molecule has 1 N–H and O–H groups in total. The van der Waals surface area contributed by atoms with Gasteiger partial charge in [-0.2, -0.15) is 0 Å². The van der Waals surface area contributed by atoms with Crippen LogP contribution in [0.3, 0.4) is 0 Å². The monoisotopic (exact) mass is 779 g/mol. The van der Waals surface area contributed by atoms with Crippen molar-refractivity contribution in [1.29, 1.82) is 0 Å². The van der Waals surface area contributed by atoms with E-state index >= 15 is 0 Å². The van der Waals surface area contributed by atoms with Crippen molar-refractivity contribution in [3.05, 3.63) is 69.9 Å². The Morgan fingerprint density at radius 1 is 1.13 bits per heavy atom. The fourth-order valence-corrected chi connectivity index (χ4v) is 11.8. The molecule has 1 saturated carbocycles. The maximum atomic E-state index is 14.9. The number of fused-ring (bicyclic) bond motifs is 6. The second kappa shape index (κ2) is 14.8. The molecule has 2 amide bonds. The SMILES string of the molecule is COc1nn(C)cc1C(=O)N[S@@]1(=O)=NC(=O)c2ccc3c(c2)N(C[C@@H]2CC[C@H]2[C@H]2OCC[C@@H]2C[C@H](OC)[C@H](C)C1)C[C@@]1(CCCc2cc(Cl)ccc21)CO3. The summed E-state index contributed by atoms with van der Waals surface area (Å²) in [6.07, 6.45) is 8.07. The van der Waals surface area contributed by atoms with Gasteiger partial charge in [-0.1, -0.05) is 24.6 Å². The number of nitrogens with one attached hydrogen (secondary N) is 1. The summed E-state index contributed by atoms with van der Waals surface area (Å²) in [6, 6.07) is 11.6. The normalized spacial score (nSPS) is 32.2. The van der Waals surface area contributed by atoms with Gasteiger partial charge < -0.3 is 23.8 Å². The van der Waals surface area contributed by atoms with Gasteiger partial charge >= 0.3 is 0 Å². The predicted octanol–water partition coefficient (Wildman–Crippen LogP) is 5.99. The highest BCUT2D eigenvalue weighted by Crippen LogP contribution is 2.49. The average Bonchev–Trinajstić information content (AvgIpc) is 3.71. The molecule has 3 aliphatic heterocycles. The number of carbonyl (C=O) groups excluding carboxylic acids is 2. The number of aryl methyl sites for hydroxylation is 2. The quantitative estimate of drug-likeness (QED) is 0.339. The Bertz CT molecular complexity index is 2060. The fourth-order valence-electron chi connectivity index (χ4n) is 9.75. The second-order valence-corrected chi connectivity index (χ2v) is 18.5. The third kappa shape index (κ3) is 7.01. The number of rotatable bonds is 4. The average molecular weight is 780 g/mol. The van der Waals surface area contributed by atoms with Gasteiger partial charge in [0.25, 0.3) is 11.8 Å². The highest BCUT2D eigenvalue weighted by Gasteiger charge is 2.47. The molecule has 1 spiro atoms. The number of methoxy groups -OCH3 is 2. The van der Waals surface area contributed by atoms with Gasteiger partial charge in [-0.15, -0.1) is 9.46 Å². The van der Waals surface area contributed by atoms with E-state index < -0.39 is 21.7 Å². The topological polar surface area (TPSA) is 134 Å². The summed E-state index contributed by atoms with van der Waals surface area (Å²) in [5.74, 6) is 0.0337. The molecule has 0 radical (unpaired) electrons. The lowest BCUT2D eigenvalue weighted by molar-refractivity contribution is -0.0389. The minimum absolute atomic E-state index is 0.0780. The van der Waals surface area contributed by atoms with Gasteiger partial charge in [0.1, 0.15) is 21.2 Å². The molecule has 54 heavy (non-hydrogen) atoms. The van der Waals surface area contributed by atoms with Crippen LogP contribution in [0.2, 0.25) is 5.02 Å². The van der Waals surface area contributed by atoms with Crippen LogP contribution in [0.5, 0.6) is 11.6 Å². The Kier molecular flexibility index (Phi) is 10.2. The van der Waals surface area contributed by atoms with Crippen LogP contribution in [0.4, 0.5) is 5.69 Å². The van der Waals surface area contributed by atoms with Gasteiger partial charge in [0.05, 0.1) is 37.4 Å². The Hall–Kier alpha value is -3.65. The van der Waals surface area contributed by atoms with Crippen molar-refractivity contribution in [2.45, 2.75) is 69.5 Å². The standard InChI is InChI=1S/C40H50ClN5O7S/c1-24-21-54(49,44-38(48)31-20-45(2)42-39(31)51-4)43-37(47)27-8-12-34-33(17-27)46(19-28-7-10-30(28)36-26(13-15-52-36)18-35(24)50-3)22-40(23-53-34)14-5-6-25-16-29(41)9-11-32(25)40/h8-9,11-12,16-17,20,24,26,28,30,35-36H,5-7,10,13-15,18-19,21-23H2,1-4H3,(H,43,44,47,48,49)/t24-,26-,28+,30-,35+,36+,40+,54+/m1/s1. The number of hydrogen-bond acceptors (Lipinski definition) is 9. The summed E-state index contributed by atoms with van der Waals surface area (Å²) in [5.41, 5.74) is 3.44. The molecule has 8 rings (SSSR count). The van der Waals surface area contributed by atoms with Gasteiger partial charge in [0.2, 0.25) is 5.88 Å². The van der Waals surface area contributed by atoms with E-state index in [1.165, 1.54) is 29.1 Å². The predicted molar refractivity (Wildman–Crippen MR) is 206 cm³/mol. The number of aromatic nitrogens is 2. The van der Waals surface area contributed by atoms with Gasteiger partial charge in [0, 0.05) is 56.1 Å². The lowest BCUT2D eigenvalue weighted by Gasteiger charge is -2.47. The molecule has 1 saturated heterocycles. The van der Waals surface area contributed by atoms with Crippen LogP contribution >= 0.6 is 11.6 Å². The van der Waals surface area contributed by atoms with Gasteiger partial charge in [-0.05, 0) is 110 Å². The number of ether oxygens (including phenoxy) is 4. The zero-order chi connectivity index (χ0) is 37.8. The van der Waals surface area contributed by atoms with Crippen molar-refractivity contribution in [3.63, 3.8) is 0 Å². The van der Waals surface area contributed by atoms with Gasteiger partial charge in [0.15, 0.2) is 0 Å². The number of halogens is 1. The smallest absolute Gasteiger partial charge is 0.286 e. The van der Waals surface area contributed by atoms with Crippen LogP contribution in [0, 0.1) is 23.7 Å². The highest BCUT2D eigenvalue weighted by atomic mass is 35.5. The third-order valence-corrected chi connectivity index (χ3v) is 14.8. The Morgan fingerprint density at radius 2 is 1.98 bits per heavy atom. The van der Waals surface area contributed by atoms with Crippen molar-refractivity contribution in [3.8, 4) is 11.6 Å². The first kappa shape index (κ1) is 37.3. The van der Waals surface area contributed by atoms with E-state index in [4.69, 9.17) is 30.5 Å². The van der Waals surface area contributed by atoms with Crippen LogP contribution in [0.15, 0.2) is 47.0 Å². The molecule has 1 aromatic heterocycles. The molecule has 2 aromatic carbocycles. The minimum atomic E-state index is -3.69. The number of carbonyl (C=O) groups is 2. The van der Waals surface area contributed by atoms with Crippen molar-refractivity contribution in [2.24, 2.45) is 35.1 Å². The molecule has 2 fully saturated rings. The van der Waals surface area contributed by atoms with Crippen molar-refractivity contribution in [1.82, 2.24) is 14.5 Å². The van der Waals surface area contributed by atoms with Crippen LogP contribution in [0.1, 0.15) is 77.3 Å². The van der Waals surface area contributed by atoms with Crippen LogP contribution in [0.25, 0.3) is 0 Å². The summed E-state index contributed by atoms with van der Waals surface area (Å²) in [4.78, 5) is 30.3. The molecule has 4 heterocycles. The molecule has 2 aliphatic carbocycles. The van der Waals surface area contributed by atoms with Crippen molar-refractivity contribution >= 4 is 39.0 Å². The summed E-state index contributed by atoms with van der Waals surface area (Å²) < 4.78 is 47.9. The zero-order valence-corrected chi connectivity index (χ0v) is 33.0. The van der Waals surface area contributed by atoms with Gasteiger partial charge in [-0.3, -0.25) is 19.0 Å². The van der Waals surface area contributed by atoms with Crippen molar-refractivity contribution in [2.75, 3.05) is 51.2 Å². The Balaban J connectivity index is 1.22. The number of hydrogen-bond donors (Lipinski definition) is 1. The summed E-state index contributed by atoms with van der Waals surface area (Å²) in [7, 11) is 1.05. The first-order valence-corrected chi connectivity index (χ1v) is 21.2. The molecule has 3 aromatic rings. The number of anilines is 1. The van der Waals surface area contributed by atoms with E-state index in [1.807, 2.05) is 25.1 Å². The maximum absolute atomic E-state index is 14.9. The largest absolute Gasteiger partial charge is 0.490 e. The van der Waals surface area contributed by atoms with E-state index in [0.717, 1.165) is 55.8 Å². The molecule has 5 aliphatic rings. The summed E-state index contributed by atoms with van der Waals surface area (Å²) in [5, 5.41) is 4.92. The first-order chi connectivity index (χ1) is 26.0. The minimum Gasteiger partial charge on any atom is -0.490 e. The zero-order valence-electron chi connectivity index (χ0n) is 31.4. The van der Waals surface area contributed by atoms with E-state index in [1.54, 1.807) is 20.2 Å². The summed E-state index contributed by atoms with van der Waals surface area (Å²) in [6.45, 7) is 4.63. The second-order valence-electron chi connectivity index (χ2n) is 16.0. The highest BCUT2D eigenvalue weighted by molar-refractivity contribution is 7.92. The number of nitrogens with zero attached hydrogens (tertiary/aromatic N) is 4.